The highest BCUT2D eigenvalue weighted by atomic mass is 32.2. The van der Waals surface area contributed by atoms with Crippen molar-refractivity contribution in [1.82, 2.24) is 14.8 Å². The summed E-state index contributed by atoms with van der Waals surface area (Å²) >= 11 is 1.46. The molecule has 3 rings (SSSR count). The molecule has 1 heterocycles. The molecular formula is C14H15N3O3S. The Balaban J connectivity index is 1.76. The molecule has 0 atom stereocenters. The van der Waals surface area contributed by atoms with Gasteiger partial charge in [0.2, 0.25) is 0 Å². The average molecular weight is 305 g/mol. The molecule has 0 amide bonds. The highest BCUT2D eigenvalue weighted by molar-refractivity contribution is 7.98. The van der Waals surface area contributed by atoms with Crippen molar-refractivity contribution in [2.75, 3.05) is 0 Å². The fraction of sp³-hybridized carbons (Fsp3) is 0.357. The molecule has 21 heavy (non-hydrogen) atoms. The van der Waals surface area contributed by atoms with Crippen molar-refractivity contribution < 1.29 is 9.90 Å². The highest BCUT2D eigenvalue weighted by Crippen LogP contribution is 2.36. The van der Waals surface area contributed by atoms with Crippen LogP contribution in [0.4, 0.5) is 0 Å². The molecule has 2 N–H and O–H groups in total. The van der Waals surface area contributed by atoms with Gasteiger partial charge < -0.3 is 5.11 Å². The minimum absolute atomic E-state index is 0.00668. The zero-order chi connectivity index (χ0) is 14.8. The number of hydrogen-bond donors (Lipinski definition) is 2. The standard InChI is InChI=1S/C14H15N3O3S/c18-12(19)7-9-3-1-2-4-10(9)8-21-14-16-15-13(20)17(14)11-5-6-11/h1-4,11H,5-8H2,(H,15,20)(H,18,19). The van der Waals surface area contributed by atoms with E-state index in [2.05, 4.69) is 10.2 Å². The van der Waals surface area contributed by atoms with Crippen molar-refractivity contribution in [3.63, 3.8) is 0 Å². The average Bonchev–Trinajstić information content (AvgIpc) is 3.21. The molecule has 6 nitrogen and oxygen atoms in total. The number of aliphatic carboxylic acids is 1. The Morgan fingerprint density at radius 2 is 2.10 bits per heavy atom. The summed E-state index contributed by atoms with van der Waals surface area (Å²) in [6.07, 6.45) is 2.04. The SMILES string of the molecule is O=C(O)Cc1ccccc1CSc1n[nH]c(=O)n1C1CC1. The van der Waals surface area contributed by atoms with Gasteiger partial charge >= 0.3 is 11.7 Å². The Bertz CT molecular complexity index is 718. The fourth-order valence-electron chi connectivity index (χ4n) is 2.22. The number of carboxylic acid groups (broad SMARTS) is 1. The number of aromatic amines is 1. The predicted octanol–water partition coefficient (Wildman–Crippen LogP) is 1.83. The number of nitrogens with zero attached hydrogens (tertiary/aromatic N) is 2. The van der Waals surface area contributed by atoms with Crippen LogP contribution in [-0.2, 0) is 17.0 Å². The van der Waals surface area contributed by atoms with Gasteiger partial charge in [-0.05, 0) is 24.0 Å². The van der Waals surface area contributed by atoms with Crippen LogP contribution in [0, 0.1) is 0 Å². The van der Waals surface area contributed by atoms with Crippen LogP contribution in [0.2, 0.25) is 0 Å². The Labute approximate surface area is 125 Å². The van der Waals surface area contributed by atoms with Gasteiger partial charge in [-0.25, -0.2) is 9.89 Å². The second kappa shape index (κ2) is 5.77. The van der Waals surface area contributed by atoms with Gasteiger partial charge in [-0.2, -0.15) is 0 Å². The second-order valence-corrected chi connectivity index (χ2v) is 5.98. The molecule has 0 radical (unpaired) electrons. The lowest BCUT2D eigenvalue weighted by Crippen LogP contribution is -2.16. The largest absolute Gasteiger partial charge is 0.481 e. The van der Waals surface area contributed by atoms with E-state index >= 15 is 0 Å². The molecule has 7 heteroatoms. The third-order valence-electron chi connectivity index (χ3n) is 3.40. The van der Waals surface area contributed by atoms with Gasteiger partial charge in [-0.1, -0.05) is 36.0 Å². The van der Waals surface area contributed by atoms with Crippen LogP contribution in [0.1, 0.15) is 30.0 Å². The summed E-state index contributed by atoms with van der Waals surface area (Å²) < 4.78 is 1.70. The Kier molecular flexibility index (Phi) is 3.83. The van der Waals surface area contributed by atoms with Crippen LogP contribution in [0.15, 0.2) is 34.2 Å². The van der Waals surface area contributed by atoms with Crippen molar-refractivity contribution in [1.29, 1.82) is 0 Å². The zero-order valence-electron chi connectivity index (χ0n) is 11.3. The number of aromatic nitrogens is 3. The monoisotopic (exact) mass is 305 g/mol. The lowest BCUT2D eigenvalue weighted by atomic mass is 10.1. The van der Waals surface area contributed by atoms with E-state index in [0.717, 1.165) is 24.0 Å². The van der Waals surface area contributed by atoms with Gasteiger partial charge in [0.25, 0.3) is 0 Å². The van der Waals surface area contributed by atoms with Crippen LogP contribution in [0.25, 0.3) is 0 Å². The Morgan fingerprint density at radius 1 is 1.38 bits per heavy atom. The van der Waals surface area contributed by atoms with E-state index in [4.69, 9.17) is 5.11 Å². The molecule has 0 aliphatic heterocycles. The topological polar surface area (TPSA) is 88.0 Å². The van der Waals surface area contributed by atoms with E-state index in [1.807, 2.05) is 24.3 Å². The van der Waals surface area contributed by atoms with Crippen molar-refractivity contribution in [2.45, 2.75) is 36.2 Å². The number of nitrogens with one attached hydrogen (secondary N) is 1. The molecule has 0 bridgehead atoms. The first kappa shape index (κ1) is 13.9. The molecule has 0 spiro atoms. The van der Waals surface area contributed by atoms with Gasteiger partial charge in [0.15, 0.2) is 5.16 Å². The van der Waals surface area contributed by atoms with E-state index in [1.165, 1.54) is 11.8 Å². The number of carbonyl (C=O) groups is 1. The fourth-order valence-corrected chi connectivity index (χ4v) is 3.27. The molecule has 110 valence electrons. The normalized spacial score (nSPS) is 14.3. The van der Waals surface area contributed by atoms with Crippen LogP contribution in [0.5, 0.6) is 0 Å². The molecule has 1 aromatic heterocycles. The van der Waals surface area contributed by atoms with E-state index in [1.54, 1.807) is 4.57 Å². The summed E-state index contributed by atoms with van der Waals surface area (Å²) in [5.74, 6) is -0.248. The number of hydrogen-bond acceptors (Lipinski definition) is 4. The summed E-state index contributed by atoms with van der Waals surface area (Å²) in [7, 11) is 0. The van der Waals surface area contributed by atoms with Crippen molar-refractivity contribution in [2.24, 2.45) is 0 Å². The summed E-state index contributed by atoms with van der Waals surface area (Å²) in [6, 6.07) is 7.73. The maximum atomic E-state index is 11.7. The first-order valence-electron chi connectivity index (χ1n) is 6.73. The highest BCUT2D eigenvalue weighted by Gasteiger charge is 2.28. The van der Waals surface area contributed by atoms with Crippen molar-refractivity contribution in [3.8, 4) is 0 Å². The van der Waals surface area contributed by atoms with E-state index in [0.29, 0.717) is 10.9 Å². The van der Waals surface area contributed by atoms with Crippen LogP contribution in [0.3, 0.4) is 0 Å². The molecule has 1 saturated carbocycles. The third-order valence-corrected chi connectivity index (χ3v) is 4.40. The summed E-state index contributed by atoms with van der Waals surface area (Å²) in [5.41, 5.74) is 1.59. The van der Waals surface area contributed by atoms with Crippen LogP contribution in [-0.4, -0.2) is 25.8 Å². The van der Waals surface area contributed by atoms with Gasteiger partial charge in [0.05, 0.1) is 6.42 Å². The lowest BCUT2D eigenvalue weighted by Gasteiger charge is -2.07. The molecular weight excluding hydrogens is 290 g/mol. The second-order valence-electron chi connectivity index (χ2n) is 5.04. The Hall–Kier alpha value is -2.02. The van der Waals surface area contributed by atoms with E-state index in [-0.39, 0.29) is 18.2 Å². The Morgan fingerprint density at radius 3 is 2.76 bits per heavy atom. The molecule has 0 saturated heterocycles. The maximum absolute atomic E-state index is 11.7. The molecule has 1 aliphatic rings. The molecule has 1 fully saturated rings. The van der Waals surface area contributed by atoms with Crippen LogP contribution < -0.4 is 5.69 Å². The van der Waals surface area contributed by atoms with Crippen molar-refractivity contribution in [3.05, 3.63) is 45.9 Å². The first-order chi connectivity index (χ1) is 10.1. The zero-order valence-corrected chi connectivity index (χ0v) is 12.1. The maximum Gasteiger partial charge on any atom is 0.344 e. The lowest BCUT2D eigenvalue weighted by molar-refractivity contribution is -0.136. The van der Waals surface area contributed by atoms with Crippen molar-refractivity contribution >= 4 is 17.7 Å². The van der Waals surface area contributed by atoms with Gasteiger partial charge in [0.1, 0.15) is 0 Å². The van der Waals surface area contributed by atoms with Gasteiger partial charge in [-0.3, -0.25) is 9.36 Å². The number of rotatable bonds is 6. The number of carboxylic acids is 1. The van der Waals surface area contributed by atoms with Crippen LogP contribution >= 0.6 is 11.8 Å². The smallest absolute Gasteiger partial charge is 0.344 e. The minimum Gasteiger partial charge on any atom is -0.481 e. The van der Waals surface area contributed by atoms with E-state index in [9.17, 15) is 9.59 Å². The summed E-state index contributed by atoms with van der Waals surface area (Å²) in [6.45, 7) is 0. The van der Waals surface area contributed by atoms with Gasteiger partial charge in [0, 0.05) is 11.8 Å². The first-order valence-corrected chi connectivity index (χ1v) is 7.72. The number of benzene rings is 1. The molecule has 0 unspecified atom stereocenters. The number of thioether (sulfide) groups is 1. The van der Waals surface area contributed by atoms with E-state index < -0.39 is 5.97 Å². The minimum atomic E-state index is -0.845. The summed E-state index contributed by atoms with van der Waals surface area (Å²) in [5, 5.41) is 16.1. The predicted molar refractivity (Wildman–Crippen MR) is 78.5 cm³/mol. The third kappa shape index (κ3) is 3.18. The number of H-pyrrole nitrogens is 1. The summed E-state index contributed by atoms with van der Waals surface area (Å²) in [4.78, 5) is 22.6. The molecule has 1 aromatic carbocycles. The van der Waals surface area contributed by atoms with Gasteiger partial charge in [-0.15, -0.1) is 5.10 Å². The quantitative estimate of drug-likeness (QED) is 0.795. The molecule has 1 aliphatic carbocycles. The molecule has 2 aromatic rings.